The quantitative estimate of drug-likeness (QED) is 0.229. The maximum Gasteiger partial charge on any atom is 0.118 e. The molecule has 0 atom stereocenters. The summed E-state index contributed by atoms with van der Waals surface area (Å²) in [4.78, 5) is 2.69. The maximum atomic E-state index is 5.34. The highest BCUT2D eigenvalue weighted by Crippen LogP contribution is 2.38. The van der Waals surface area contributed by atoms with Gasteiger partial charge in [0.05, 0.1) is 7.11 Å². The molecule has 0 aliphatic heterocycles. The molecule has 1 nitrogen and oxygen atoms in total. The van der Waals surface area contributed by atoms with Gasteiger partial charge in [-0.3, -0.25) is 0 Å². The van der Waals surface area contributed by atoms with Crippen LogP contribution in [0.15, 0.2) is 94.7 Å². The molecule has 0 fully saturated rings. The Balaban J connectivity index is 1.97. The Kier molecular flexibility index (Phi) is 9.11. The number of rotatable bonds is 11. The van der Waals surface area contributed by atoms with Crippen molar-refractivity contribution >= 4 is 17.3 Å². The van der Waals surface area contributed by atoms with Gasteiger partial charge in [0, 0.05) is 11.3 Å². The second kappa shape index (κ2) is 12.3. The molecule has 0 saturated heterocycles. The van der Waals surface area contributed by atoms with Gasteiger partial charge >= 0.3 is 0 Å². The topological polar surface area (TPSA) is 9.23 Å². The van der Waals surface area contributed by atoms with Crippen molar-refractivity contribution in [2.45, 2.75) is 50.3 Å². The SMILES string of the molecule is CCCCCC/C(=C(/Cc1ccccc1)Sc1ccc(OC)cc1)c1ccccc1. The summed E-state index contributed by atoms with van der Waals surface area (Å²) in [5.74, 6) is 0.899. The van der Waals surface area contributed by atoms with Crippen molar-refractivity contribution in [3.63, 3.8) is 0 Å². The summed E-state index contributed by atoms with van der Waals surface area (Å²) in [7, 11) is 1.71. The number of allylic oxidation sites excluding steroid dienone is 2. The van der Waals surface area contributed by atoms with Gasteiger partial charge < -0.3 is 4.74 Å². The van der Waals surface area contributed by atoms with Gasteiger partial charge in [-0.2, -0.15) is 0 Å². The first-order chi connectivity index (χ1) is 14.8. The van der Waals surface area contributed by atoms with Crippen LogP contribution in [0.25, 0.3) is 5.57 Å². The molecule has 0 N–H and O–H groups in total. The van der Waals surface area contributed by atoms with Crippen LogP contribution >= 0.6 is 11.8 Å². The largest absolute Gasteiger partial charge is 0.497 e. The lowest BCUT2D eigenvalue weighted by Crippen LogP contribution is -1.96. The van der Waals surface area contributed by atoms with E-state index in [0.717, 1.165) is 18.6 Å². The van der Waals surface area contributed by atoms with Crippen LogP contribution in [0.5, 0.6) is 5.75 Å². The number of thioether (sulfide) groups is 1. The minimum Gasteiger partial charge on any atom is -0.497 e. The molecule has 2 heteroatoms. The predicted octanol–water partition coefficient (Wildman–Crippen LogP) is 8.41. The second-order valence-electron chi connectivity index (χ2n) is 7.52. The van der Waals surface area contributed by atoms with Crippen molar-refractivity contribution < 1.29 is 4.74 Å². The molecule has 156 valence electrons. The van der Waals surface area contributed by atoms with Crippen LogP contribution in [0.1, 0.15) is 50.2 Å². The first-order valence-corrected chi connectivity index (χ1v) is 11.7. The molecule has 30 heavy (non-hydrogen) atoms. The number of unbranched alkanes of at least 4 members (excludes halogenated alkanes) is 3. The number of ether oxygens (including phenoxy) is 1. The van der Waals surface area contributed by atoms with Crippen LogP contribution in [-0.2, 0) is 6.42 Å². The predicted molar refractivity (Wildman–Crippen MR) is 131 cm³/mol. The number of methoxy groups -OCH3 is 1. The van der Waals surface area contributed by atoms with E-state index in [1.165, 1.54) is 52.2 Å². The van der Waals surface area contributed by atoms with Gasteiger partial charge in [-0.1, -0.05) is 98.6 Å². The van der Waals surface area contributed by atoms with E-state index in [9.17, 15) is 0 Å². The molecular weight excluding hydrogens is 384 g/mol. The van der Waals surface area contributed by atoms with Crippen molar-refractivity contribution in [3.8, 4) is 5.75 Å². The molecule has 0 heterocycles. The van der Waals surface area contributed by atoms with E-state index in [1.54, 1.807) is 7.11 Å². The van der Waals surface area contributed by atoms with E-state index in [0.29, 0.717) is 0 Å². The molecule has 3 rings (SSSR count). The molecule has 0 radical (unpaired) electrons. The lowest BCUT2D eigenvalue weighted by atomic mass is 9.97. The van der Waals surface area contributed by atoms with Crippen LogP contribution in [0.4, 0.5) is 0 Å². The zero-order valence-corrected chi connectivity index (χ0v) is 19.0. The van der Waals surface area contributed by atoms with Crippen LogP contribution in [-0.4, -0.2) is 7.11 Å². The normalized spacial score (nSPS) is 11.8. The Morgan fingerprint density at radius 3 is 2.07 bits per heavy atom. The minimum atomic E-state index is 0.899. The third kappa shape index (κ3) is 6.81. The standard InChI is InChI=1S/C28H32OS/c1-3-4-5-12-17-27(24-15-10-7-11-16-24)28(22-23-13-8-6-9-14-23)30-26-20-18-25(29-2)19-21-26/h6-11,13-16,18-21H,3-5,12,17,22H2,1-2H3/b28-27+. The van der Waals surface area contributed by atoms with Crippen molar-refractivity contribution in [1.29, 1.82) is 0 Å². The minimum absolute atomic E-state index is 0.899. The Morgan fingerprint density at radius 2 is 1.43 bits per heavy atom. The molecule has 0 saturated carbocycles. The van der Waals surface area contributed by atoms with Gasteiger partial charge in [0.2, 0.25) is 0 Å². The summed E-state index contributed by atoms with van der Waals surface area (Å²) >= 11 is 1.89. The van der Waals surface area contributed by atoms with E-state index < -0.39 is 0 Å². The van der Waals surface area contributed by atoms with Gasteiger partial charge in [-0.15, -0.1) is 0 Å². The fourth-order valence-electron chi connectivity index (χ4n) is 3.58. The summed E-state index contributed by atoms with van der Waals surface area (Å²) in [6.07, 6.45) is 7.17. The summed E-state index contributed by atoms with van der Waals surface area (Å²) in [5, 5.41) is 0. The van der Waals surface area contributed by atoms with Crippen molar-refractivity contribution in [3.05, 3.63) is 101 Å². The van der Waals surface area contributed by atoms with Gasteiger partial charge in [-0.05, 0) is 58.7 Å². The Morgan fingerprint density at radius 1 is 0.767 bits per heavy atom. The van der Waals surface area contributed by atoms with E-state index in [4.69, 9.17) is 4.74 Å². The van der Waals surface area contributed by atoms with Gasteiger partial charge in [-0.25, -0.2) is 0 Å². The molecule has 0 spiro atoms. The summed E-state index contributed by atoms with van der Waals surface area (Å²) in [6, 6.07) is 30.2. The third-order valence-electron chi connectivity index (χ3n) is 5.25. The van der Waals surface area contributed by atoms with Gasteiger partial charge in [0.1, 0.15) is 5.75 Å². The van der Waals surface area contributed by atoms with E-state index >= 15 is 0 Å². The molecule has 0 aliphatic carbocycles. The Bertz CT molecular complexity index is 898. The zero-order chi connectivity index (χ0) is 21.0. The van der Waals surface area contributed by atoms with E-state index in [2.05, 4.69) is 79.7 Å². The summed E-state index contributed by atoms with van der Waals surface area (Å²) in [6.45, 7) is 2.27. The second-order valence-corrected chi connectivity index (χ2v) is 8.69. The average molecular weight is 417 g/mol. The summed E-state index contributed by atoms with van der Waals surface area (Å²) < 4.78 is 5.34. The molecule has 3 aromatic carbocycles. The maximum absolute atomic E-state index is 5.34. The highest BCUT2D eigenvalue weighted by molar-refractivity contribution is 8.03. The lowest BCUT2D eigenvalue weighted by Gasteiger charge is -2.17. The van der Waals surface area contributed by atoms with Crippen LogP contribution in [0.2, 0.25) is 0 Å². The van der Waals surface area contributed by atoms with Crippen LogP contribution < -0.4 is 4.74 Å². The molecule has 3 aromatic rings. The van der Waals surface area contributed by atoms with Crippen LogP contribution in [0, 0.1) is 0 Å². The molecule has 0 amide bonds. The van der Waals surface area contributed by atoms with Crippen molar-refractivity contribution in [1.82, 2.24) is 0 Å². The highest BCUT2D eigenvalue weighted by Gasteiger charge is 2.13. The average Bonchev–Trinajstić information content (AvgIpc) is 2.80. The molecule has 0 aliphatic rings. The number of hydrogen-bond donors (Lipinski definition) is 0. The number of benzene rings is 3. The fraction of sp³-hybridized carbons (Fsp3) is 0.286. The van der Waals surface area contributed by atoms with Crippen molar-refractivity contribution in [2.75, 3.05) is 7.11 Å². The van der Waals surface area contributed by atoms with Crippen molar-refractivity contribution in [2.24, 2.45) is 0 Å². The van der Waals surface area contributed by atoms with Gasteiger partial charge in [0.15, 0.2) is 0 Å². The highest BCUT2D eigenvalue weighted by atomic mass is 32.2. The summed E-state index contributed by atoms with van der Waals surface area (Å²) in [5.41, 5.74) is 4.19. The molecule has 0 aromatic heterocycles. The zero-order valence-electron chi connectivity index (χ0n) is 18.1. The first kappa shape index (κ1) is 22.2. The molecule has 0 unspecified atom stereocenters. The lowest BCUT2D eigenvalue weighted by molar-refractivity contribution is 0.414. The molecular formula is C28H32OS. The fourth-order valence-corrected chi connectivity index (χ4v) is 4.72. The van der Waals surface area contributed by atoms with E-state index in [1.807, 2.05) is 23.9 Å². The smallest absolute Gasteiger partial charge is 0.118 e. The van der Waals surface area contributed by atoms with E-state index in [-0.39, 0.29) is 0 Å². The van der Waals surface area contributed by atoms with Gasteiger partial charge in [0.25, 0.3) is 0 Å². The third-order valence-corrected chi connectivity index (χ3v) is 6.39. The van der Waals surface area contributed by atoms with Crippen LogP contribution in [0.3, 0.4) is 0 Å². The molecule has 0 bridgehead atoms. The Hall–Kier alpha value is -2.45. The first-order valence-electron chi connectivity index (χ1n) is 10.9. The number of hydrogen-bond acceptors (Lipinski definition) is 2. The monoisotopic (exact) mass is 416 g/mol. The Labute approximate surface area is 186 Å².